The summed E-state index contributed by atoms with van der Waals surface area (Å²) in [6.45, 7) is 5.20. The summed E-state index contributed by atoms with van der Waals surface area (Å²) < 4.78 is 37.6. The first-order chi connectivity index (χ1) is 13.9. The molecular weight excluding hydrogens is 392 g/mol. The Morgan fingerprint density at radius 3 is 2.31 bits per heavy atom. The number of carbonyl (C=O) groups excluding carboxylic acids is 1. The van der Waals surface area contributed by atoms with Crippen LogP contribution in [0.2, 0.25) is 0 Å². The van der Waals surface area contributed by atoms with Crippen LogP contribution in [-0.2, 0) is 26.0 Å². The van der Waals surface area contributed by atoms with Crippen molar-refractivity contribution >= 4 is 21.6 Å². The number of rotatable bonds is 7. The third-order valence-electron chi connectivity index (χ3n) is 4.74. The molecule has 29 heavy (non-hydrogen) atoms. The van der Waals surface area contributed by atoms with Gasteiger partial charge < -0.3 is 14.8 Å². The number of amides is 1. The third-order valence-corrected chi connectivity index (χ3v) is 6.66. The van der Waals surface area contributed by atoms with E-state index in [2.05, 4.69) is 12.2 Å². The van der Waals surface area contributed by atoms with Gasteiger partial charge in [-0.05, 0) is 55.3 Å². The largest absolute Gasteiger partial charge is 0.481 e. The maximum absolute atomic E-state index is 12.6. The highest BCUT2D eigenvalue weighted by Gasteiger charge is 2.26. The first kappa shape index (κ1) is 21.3. The Hall–Kier alpha value is -2.42. The van der Waals surface area contributed by atoms with Crippen LogP contribution in [0.3, 0.4) is 0 Å². The molecule has 2 aromatic rings. The summed E-state index contributed by atoms with van der Waals surface area (Å²) in [6.07, 6.45) is 0.202. The molecule has 7 nitrogen and oxygen atoms in total. The van der Waals surface area contributed by atoms with Gasteiger partial charge in [0.05, 0.1) is 18.1 Å². The summed E-state index contributed by atoms with van der Waals surface area (Å²) in [5, 5.41) is 2.81. The number of hydrogen-bond donors (Lipinski definition) is 1. The van der Waals surface area contributed by atoms with Gasteiger partial charge in [-0.25, -0.2) is 8.42 Å². The van der Waals surface area contributed by atoms with Crippen LogP contribution >= 0.6 is 0 Å². The highest BCUT2D eigenvalue weighted by molar-refractivity contribution is 7.89. The van der Waals surface area contributed by atoms with E-state index in [9.17, 15) is 13.2 Å². The van der Waals surface area contributed by atoms with Gasteiger partial charge in [-0.15, -0.1) is 0 Å². The van der Waals surface area contributed by atoms with Gasteiger partial charge in [0.15, 0.2) is 6.10 Å². The Labute approximate surface area is 171 Å². The lowest BCUT2D eigenvalue weighted by atomic mass is 10.1. The highest BCUT2D eigenvalue weighted by Crippen LogP contribution is 2.21. The molecule has 1 aliphatic heterocycles. The van der Waals surface area contributed by atoms with E-state index in [4.69, 9.17) is 9.47 Å². The molecule has 0 radical (unpaired) electrons. The van der Waals surface area contributed by atoms with Crippen molar-refractivity contribution in [1.29, 1.82) is 0 Å². The molecule has 156 valence electrons. The molecule has 0 aliphatic carbocycles. The molecule has 1 N–H and O–H groups in total. The predicted octanol–water partition coefficient (Wildman–Crippen LogP) is 2.68. The Balaban J connectivity index is 1.60. The van der Waals surface area contributed by atoms with Crippen molar-refractivity contribution in [1.82, 2.24) is 4.31 Å². The molecular formula is C21H26N2O5S. The second kappa shape index (κ2) is 9.39. The second-order valence-electron chi connectivity index (χ2n) is 6.79. The van der Waals surface area contributed by atoms with Crippen molar-refractivity contribution in [2.75, 3.05) is 31.6 Å². The van der Waals surface area contributed by atoms with E-state index < -0.39 is 16.1 Å². The minimum absolute atomic E-state index is 0.194. The molecule has 0 saturated carbocycles. The molecule has 0 unspecified atom stereocenters. The smallest absolute Gasteiger partial charge is 0.265 e. The normalized spacial score (nSPS) is 16.2. The number of morpholine rings is 1. The maximum atomic E-state index is 12.6. The molecule has 2 aromatic carbocycles. The van der Waals surface area contributed by atoms with Gasteiger partial charge in [0.25, 0.3) is 5.91 Å². The fourth-order valence-corrected chi connectivity index (χ4v) is 4.36. The van der Waals surface area contributed by atoms with E-state index in [1.54, 1.807) is 19.1 Å². The summed E-state index contributed by atoms with van der Waals surface area (Å²) in [4.78, 5) is 12.5. The van der Waals surface area contributed by atoms with Crippen molar-refractivity contribution in [2.45, 2.75) is 31.3 Å². The number of ether oxygens (including phenoxy) is 2. The average Bonchev–Trinajstić information content (AvgIpc) is 2.75. The van der Waals surface area contributed by atoms with Crippen molar-refractivity contribution in [2.24, 2.45) is 0 Å². The summed E-state index contributed by atoms with van der Waals surface area (Å²) in [5.41, 5.74) is 1.90. The zero-order valence-electron chi connectivity index (χ0n) is 16.6. The summed E-state index contributed by atoms with van der Waals surface area (Å²) in [7, 11) is -3.55. The molecule has 1 aliphatic rings. The number of sulfonamides is 1. The molecule has 0 aromatic heterocycles. The first-order valence-electron chi connectivity index (χ1n) is 9.64. The van der Waals surface area contributed by atoms with Gasteiger partial charge in [0.2, 0.25) is 10.0 Å². The van der Waals surface area contributed by atoms with Crippen LogP contribution in [-0.4, -0.2) is 51.0 Å². The van der Waals surface area contributed by atoms with Crippen molar-refractivity contribution in [3.63, 3.8) is 0 Å². The Bertz CT molecular complexity index is 921. The first-order valence-corrected chi connectivity index (χ1v) is 11.1. The molecule has 8 heteroatoms. The molecule has 1 atom stereocenters. The molecule has 3 rings (SSSR count). The van der Waals surface area contributed by atoms with Gasteiger partial charge in [0, 0.05) is 18.8 Å². The van der Waals surface area contributed by atoms with Crippen LogP contribution in [0.25, 0.3) is 0 Å². The van der Waals surface area contributed by atoms with Gasteiger partial charge >= 0.3 is 0 Å². The molecule has 1 saturated heterocycles. The zero-order valence-corrected chi connectivity index (χ0v) is 17.4. The highest BCUT2D eigenvalue weighted by atomic mass is 32.2. The van der Waals surface area contributed by atoms with Crippen molar-refractivity contribution in [3.8, 4) is 5.75 Å². The second-order valence-corrected chi connectivity index (χ2v) is 8.73. The van der Waals surface area contributed by atoms with E-state index in [1.807, 2.05) is 24.3 Å². The summed E-state index contributed by atoms with van der Waals surface area (Å²) in [5.74, 6) is 0.147. The van der Waals surface area contributed by atoms with Crippen LogP contribution in [0, 0.1) is 0 Å². The van der Waals surface area contributed by atoms with Crippen LogP contribution in [0.15, 0.2) is 53.4 Å². The number of nitrogens with one attached hydrogen (secondary N) is 1. The van der Waals surface area contributed by atoms with E-state index >= 15 is 0 Å². The number of anilines is 1. The Morgan fingerprint density at radius 1 is 1.10 bits per heavy atom. The number of aryl methyl sites for hydroxylation is 1. The number of nitrogens with zero attached hydrogens (tertiary/aromatic N) is 1. The minimum atomic E-state index is -3.55. The van der Waals surface area contributed by atoms with E-state index in [0.717, 1.165) is 6.42 Å². The van der Waals surface area contributed by atoms with Gasteiger partial charge in [-0.1, -0.05) is 19.1 Å². The quantitative estimate of drug-likeness (QED) is 0.747. The van der Waals surface area contributed by atoms with E-state index in [0.29, 0.717) is 37.7 Å². The fraction of sp³-hybridized carbons (Fsp3) is 0.381. The molecule has 1 fully saturated rings. The number of benzene rings is 2. The zero-order chi connectivity index (χ0) is 20.9. The lowest BCUT2D eigenvalue weighted by Crippen LogP contribution is -2.40. The molecule has 1 amide bonds. The Kier molecular flexibility index (Phi) is 6.89. The maximum Gasteiger partial charge on any atom is 0.265 e. The van der Waals surface area contributed by atoms with Crippen LogP contribution in [0.5, 0.6) is 5.75 Å². The fourth-order valence-electron chi connectivity index (χ4n) is 2.95. The number of carbonyl (C=O) groups is 1. The summed E-state index contributed by atoms with van der Waals surface area (Å²) in [6, 6.07) is 13.8. The average molecular weight is 419 g/mol. The SMILES string of the molecule is CCc1ccc(NC(=O)[C@@H](C)Oc2ccc(S(=O)(=O)N3CCOCC3)cc2)cc1. The summed E-state index contributed by atoms with van der Waals surface area (Å²) >= 11 is 0. The molecule has 0 bridgehead atoms. The lowest BCUT2D eigenvalue weighted by Gasteiger charge is -2.26. The van der Waals surface area contributed by atoms with Crippen LogP contribution in [0.1, 0.15) is 19.4 Å². The van der Waals surface area contributed by atoms with Gasteiger partial charge in [0.1, 0.15) is 5.75 Å². The topological polar surface area (TPSA) is 84.9 Å². The number of hydrogen-bond acceptors (Lipinski definition) is 5. The van der Waals surface area contributed by atoms with Gasteiger partial charge in [-0.3, -0.25) is 4.79 Å². The minimum Gasteiger partial charge on any atom is -0.481 e. The van der Waals surface area contributed by atoms with Crippen molar-refractivity contribution < 1.29 is 22.7 Å². The van der Waals surface area contributed by atoms with Crippen LogP contribution in [0.4, 0.5) is 5.69 Å². The van der Waals surface area contributed by atoms with Gasteiger partial charge in [-0.2, -0.15) is 4.31 Å². The van der Waals surface area contributed by atoms with E-state index in [-0.39, 0.29) is 10.8 Å². The monoisotopic (exact) mass is 418 g/mol. The lowest BCUT2D eigenvalue weighted by molar-refractivity contribution is -0.122. The third kappa shape index (κ3) is 5.35. The molecule has 0 spiro atoms. The standard InChI is InChI=1S/C21H26N2O5S/c1-3-17-4-6-18(7-5-17)22-21(24)16(2)28-19-8-10-20(11-9-19)29(25,26)23-12-14-27-15-13-23/h4-11,16H,3,12-15H2,1-2H3,(H,22,24)/t16-/m1/s1. The van der Waals surface area contributed by atoms with Crippen LogP contribution < -0.4 is 10.1 Å². The predicted molar refractivity (Wildman–Crippen MR) is 111 cm³/mol. The molecule has 1 heterocycles. The van der Waals surface area contributed by atoms with Crippen molar-refractivity contribution in [3.05, 3.63) is 54.1 Å². The van der Waals surface area contributed by atoms with E-state index in [1.165, 1.54) is 22.0 Å². The Morgan fingerprint density at radius 2 is 1.72 bits per heavy atom.